The van der Waals surface area contributed by atoms with Crippen LogP contribution in [0.2, 0.25) is 0 Å². The van der Waals surface area contributed by atoms with Gasteiger partial charge in [-0.05, 0) is 44.5 Å². The molecule has 21 heavy (non-hydrogen) atoms. The van der Waals surface area contributed by atoms with Crippen molar-refractivity contribution in [3.8, 4) is 0 Å². The lowest BCUT2D eigenvalue weighted by Gasteiger charge is -2.24. The van der Waals surface area contributed by atoms with E-state index in [1.54, 1.807) is 12.1 Å². The number of amides is 1. The lowest BCUT2D eigenvalue weighted by atomic mass is 10.0. The Morgan fingerprint density at radius 2 is 1.81 bits per heavy atom. The fourth-order valence-electron chi connectivity index (χ4n) is 1.91. The standard InChI is InChI=1S/C14H23N3O3S/c1-4-17-14(2,3)13(18)16-10-9-11-5-7-12(8-6-11)21(15,19)20/h5-8,17H,4,9-10H2,1-3H3,(H,16,18)(H2,15,19,20). The molecule has 0 radical (unpaired) electrons. The monoisotopic (exact) mass is 313 g/mol. The Morgan fingerprint density at radius 1 is 1.24 bits per heavy atom. The van der Waals surface area contributed by atoms with E-state index in [1.807, 2.05) is 20.8 Å². The maximum Gasteiger partial charge on any atom is 0.239 e. The summed E-state index contributed by atoms with van der Waals surface area (Å²) in [6.45, 7) is 6.80. The largest absolute Gasteiger partial charge is 0.354 e. The number of sulfonamides is 1. The van der Waals surface area contributed by atoms with Gasteiger partial charge in [-0.1, -0.05) is 19.1 Å². The minimum Gasteiger partial charge on any atom is -0.354 e. The van der Waals surface area contributed by atoms with Crippen molar-refractivity contribution < 1.29 is 13.2 Å². The second-order valence-corrected chi connectivity index (χ2v) is 6.91. The van der Waals surface area contributed by atoms with Crippen molar-refractivity contribution in [3.05, 3.63) is 29.8 Å². The number of carbonyl (C=O) groups excluding carboxylic acids is 1. The van der Waals surface area contributed by atoms with Crippen LogP contribution in [0.1, 0.15) is 26.3 Å². The van der Waals surface area contributed by atoms with Crippen LogP contribution in [-0.4, -0.2) is 33.0 Å². The summed E-state index contributed by atoms with van der Waals surface area (Å²) >= 11 is 0. The number of nitrogens with two attached hydrogens (primary N) is 1. The van der Waals surface area contributed by atoms with Gasteiger partial charge in [0.2, 0.25) is 15.9 Å². The second kappa shape index (κ2) is 7.02. The van der Waals surface area contributed by atoms with E-state index in [9.17, 15) is 13.2 Å². The van der Waals surface area contributed by atoms with Gasteiger partial charge in [-0.3, -0.25) is 4.79 Å². The van der Waals surface area contributed by atoms with Crippen LogP contribution >= 0.6 is 0 Å². The van der Waals surface area contributed by atoms with Crippen LogP contribution in [0, 0.1) is 0 Å². The first-order valence-electron chi connectivity index (χ1n) is 6.82. The average molecular weight is 313 g/mol. The average Bonchev–Trinajstić information content (AvgIpc) is 2.38. The van der Waals surface area contributed by atoms with Crippen LogP contribution in [0.4, 0.5) is 0 Å². The van der Waals surface area contributed by atoms with E-state index in [1.165, 1.54) is 12.1 Å². The molecule has 6 nitrogen and oxygen atoms in total. The normalized spacial score (nSPS) is 12.2. The third-order valence-corrected chi connectivity index (χ3v) is 4.07. The van der Waals surface area contributed by atoms with E-state index in [0.29, 0.717) is 13.0 Å². The number of primary sulfonamides is 1. The summed E-state index contributed by atoms with van der Waals surface area (Å²) in [6, 6.07) is 6.33. The Balaban J connectivity index is 2.52. The van der Waals surface area contributed by atoms with E-state index in [2.05, 4.69) is 10.6 Å². The number of likely N-dealkylation sites (N-methyl/N-ethyl adjacent to an activating group) is 1. The fraction of sp³-hybridized carbons (Fsp3) is 0.500. The summed E-state index contributed by atoms with van der Waals surface area (Å²) in [6.07, 6.45) is 0.624. The second-order valence-electron chi connectivity index (χ2n) is 5.35. The van der Waals surface area contributed by atoms with E-state index in [4.69, 9.17) is 5.14 Å². The molecule has 7 heteroatoms. The van der Waals surface area contributed by atoms with E-state index < -0.39 is 15.6 Å². The van der Waals surface area contributed by atoms with Gasteiger partial charge in [-0.15, -0.1) is 0 Å². The zero-order chi connectivity index (χ0) is 16.1. The van der Waals surface area contributed by atoms with Gasteiger partial charge in [-0.25, -0.2) is 13.6 Å². The van der Waals surface area contributed by atoms with Gasteiger partial charge in [0.1, 0.15) is 0 Å². The summed E-state index contributed by atoms with van der Waals surface area (Å²) in [4.78, 5) is 12.0. The third kappa shape index (κ3) is 5.45. The molecule has 0 saturated carbocycles. The number of rotatable bonds is 7. The minimum atomic E-state index is -3.66. The highest BCUT2D eigenvalue weighted by Crippen LogP contribution is 2.09. The van der Waals surface area contributed by atoms with Crippen LogP contribution in [0.5, 0.6) is 0 Å². The number of hydrogen-bond donors (Lipinski definition) is 3. The van der Waals surface area contributed by atoms with Gasteiger partial charge < -0.3 is 10.6 Å². The number of carbonyl (C=O) groups is 1. The van der Waals surface area contributed by atoms with Gasteiger partial charge in [0, 0.05) is 6.54 Å². The Kier molecular flexibility index (Phi) is 5.88. The van der Waals surface area contributed by atoms with Crippen LogP contribution in [0.15, 0.2) is 29.2 Å². The first-order valence-corrected chi connectivity index (χ1v) is 8.36. The molecule has 0 spiro atoms. The summed E-state index contributed by atoms with van der Waals surface area (Å²) in [7, 11) is -3.66. The third-order valence-electron chi connectivity index (χ3n) is 3.14. The molecule has 0 fully saturated rings. The van der Waals surface area contributed by atoms with Gasteiger partial charge in [0.05, 0.1) is 10.4 Å². The zero-order valence-electron chi connectivity index (χ0n) is 12.6. The van der Waals surface area contributed by atoms with Crippen molar-refractivity contribution in [1.82, 2.24) is 10.6 Å². The number of nitrogens with one attached hydrogen (secondary N) is 2. The Hall–Kier alpha value is -1.44. The first-order chi connectivity index (χ1) is 9.66. The molecule has 1 amide bonds. The molecule has 4 N–H and O–H groups in total. The number of benzene rings is 1. The summed E-state index contributed by atoms with van der Waals surface area (Å²) in [5.74, 6) is -0.0643. The maximum atomic E-state index is 12.0. The highest BCUT2D eigenvalue weighted by molar-refractivity contribution is 7.89. The van der Waals surface area contributed by atoms with Gasteiger partial charge in [-0.2, -0.15) is 0 Å². The molecule has 0 unspecified atom stereocenters. The van der Waals surface area contributed by atoms with Crippen molar-refractivity contribution >= 4 is 15.9 Å². The molecule has 0 heterocycles. The van der Waals surface area contributed by atoms with Crippen LogP contribution in [0.25, 0.3) is 0 Å². The van der Waals surface area contributed by atoms with Crippen molar-refractivity contribution in [3.63, 3.8) is 0 Å². The van der Waals surface area contributed by atoms with Crippen LogP contribution < -0.4 is 15.8 Å². The predicted octanol–water partition coefficient (Wildman–Crippen LogP) is 0.381. The van der Waals surface area contributed by atoms with E-state index in [-0.39, 0.29) is 10.8 Å². The van der Waals surface area contributed by atoms with Gasteiger partial charge in [0.25, 0.3) is 0 Å². The number of hydrogen-bond acceptors (Lipinski definition) is 4. The lowest BCUT2D eigenvalue weighted by Crippen LogP contribution is -2.52. The van der Waals surface area contributed by atoms with Crippen molar-refractivity contribution in [2.45, 2.75) is 37.6 Å². The Morgan fingerprint density at radius 3 is 2.29 bits per heavy atom. The lowest BCUT2D eigenvalue weighted by molar-refractivity contribution is -0.126. The first kappa shape index (κ1) is 17.6. The van der Waals surface area contributed by atoms with Crippen LogP contribution in [-0.2, 0) is 21.2 Å². The molecular weight excluding hydrogens is 290 g/mol. The molecule has 1 rings (SSSR count). The van der Waals surface area contributed by atoms with E-state index in [0.717, 1.165) is 12.1 Å². The van der Waals surface area contributed by atoms with E-state index >= 15 is 0 Å². The maximum absolute atomic E-state index is 12.0. The fourth-order valence-corrected chi connectivity index (χ4v) is 2.42. The topological polar surface area (TPSA) is 101 Å². The molecule has 0 aliphatic heterocycles. The molecule has 118 valence electrons. The minimum absolute atomic E-state index is 0.0643. The molecule has 0 saturated heterocycles. The summed E-state index contributed by atoms with van der Waals surface area (Å²) in [5, 5.41) is 11.0. The molecule has 1 aromatic rings. The van der Waals surface area contributed by atoms with Crippen LogP contribution in [0.3, 0.4) is 0 Å². The molecule has 1 aromatic carbocycles. The molecule has 0 bridgehead atoms. The summed E-state index contributed by atoms with van der Waals surface area (Å²) in [5.41, 5.74) is 0.329. The molecular formula is C14H23N3O3S. The SMILES string of the molecule is CCNC(C)(C)C(=O)NCCc1ccc(S(N)(=O)=O)cc1. The molecule has 0 aliphatic rings. The predicted molar refractivity (Wildman–Crippen MR) is 82.3 cm³/mol. The quantitative estimate of drug-likeness (QED) is 0.677. The smallest absolute Gasteiger partial charge is 0.239 e. The molecule has 0 atom stereocenters. The highest BCUT2D eigenvalue weighted by atomic mass is 32.2. The van der Waals surface area contributed by atoms with Crippen molar-refractivity contribution in [1.29, 1.82) is 0 Å². The molecule has 0 aliphatic carbocycles. The van der Waals surface area contributed by atoms with Gasteiger partial charge in [0.15, 0.2) is 0 Å². The van der Waals surface area contributed by atoms with Crippen molar-refractivity contribution in [2.75, 3.05) is 13.1 Å². The Labute approximate surface area is 126 Å². The van der Waals surface area contributed by atoms with Crippen molar-refractivity contribution in [2.24, 2.45) is 5.14 Å². The van der Waals surface area contributed by atoms with Gasteiger partial charge >= 0.3 is 0 Å². The summed E-state index contributed by atoms with van der Waals surface area (Å²) < 4.78 is 22.3. The highest BCUT2D eigenvalue weighted by Gasteiger charge is 2.25. The Bertz CT molecular complexity index is 580. The molecule has 0 aromatic heterocycles. The zero-order valence-corrected chi connectivity index (χ0v) is 13.5.